The minimum absolute atomic E-state index is 0.0219. The summed E-state index contributed by atoms with van der Waals surface area (Å²) in [5.41, 5.74) is 2.23. The third-order valence-electron chi connectivity index (χ3n) is 2.98. The van der Waals surface area contributed by atoms with E-state index >= 15 is 0 Å². The number of hydrogen-bond donors (Lipinski definition) is 2. The molecular formula is C15H16N2O4S. The second-order valence-corrected chi connectivity index (χ2v) is 6.72. The highest BCUT2D eigenvalue weighted by Gasteiger charge is 2.12. The van der Waals surface area contributed by atoms with Crippen LogP contribution in [0.3, 0.4) is 0 Å². The van der Waals surface area contributed by atoms with Crippen molar-refractivity contribution in [3.8, 4) is 0 Å². The standard InChI is InChI=1S/C15H16N2O4S/c1-11-3-2-4-12(7-11)10-22(20,21)17-9-14-6-5-13(8-16-14)15(18)19/h2-8,17H,9-10H2,1H3,(H,18,19). The van der Waals surface area contributed by atoms with Crippen molar-refractivity contribution in [2.45, 2.75) is 19.2 Å². The van der Waals surface area contributed by atoms with Crippen molar-refractivity contribution < 1.29 is 18.3 Å². The van der Waals surface area contributed by atoms with Crippen LogP contribution >= 0.6 is 0 Å². The second-order valence-electron chi connectivity index (χ2n) is 4.91. The lowest BCUT2D eigenvalue weighted by atomic mass is 10.2. The van der Waals surface area contributed by atoms with Crippen LogP contribution < -0.4 is 4.72 Å². The first-order chi connectivity index (χ1) is 10.4. The highest BCUT2D eigenvalue weighted by atomic mass is 32.2. The fourth-order valence-corrected chi connectivity index (χ4v) is 3.00. The third-order valence-corrected chi connectivity index (χ3v) is 4.28. The average Bonchev–Trinajstić information content (AvgIpc) is 2.45. The molecule has 0 unspecified atom stereocenters. The van der Waals surface area contributed by atoms with E-state index in [1.165, 1.54) is 18.3 Å². The number of sulfonamides is 1. The van der Waals surface area contributed by atoms with Gasteiger partial charge < -0.3 is 5.11 Å². The van der Waals surface area contributed by atoms with Gasteiger partial charge in [0.05, 0.1) is 23.6 Å². The van der Waals surface area contributed by atoms with Crippen LogP contribution in [0.15, 0.2) is 42.6 Å². The zero-order valence-corrected chi connectivity index (χ0v) is 12.8. The molecule has 0 saturated heterocycles. The first-order valence-electron chi connectivity index (χ1n) is 6.57. The maximum atomic E-state index is 12.0. The van der Waals surface area contributed by atoms with E-state index in [1.54, 1.807) is 6.07 Å². The number of nitrogens with zero attached hydrogens (tertiary/aromatic N) is 1. The number of pyridine rings is 1. The number of benzene rings is 1. The Balaban J connectivity index is 1.99. The van der Waals surface area contributed by atoms with E-state index in [-0.39, 0.29) is 17.9 Å². The molecule has 1 heterocycles. The van der Waals surface area contributed by atoms with Gasteiger partial charge in [-0.05, 0) is 24.6 Å². The molecule has 0 bridgehead atoms. The molecule has 0 saturated carbocycles. The predicted molar refractivity (Wildman–Crippen MR) is 81.8 cm³/mol. The molecule has 0 fully saturated rings. The van der Waals surface area contributed by atoms with Crippen LogP contribution in [0.25, 0.3) is 0 Å². The molecule has 0 atom stereocenters. The second kappa shape index (κ2) is 6.67. The van der Waals surface area contributed by atoms with Crippen LogP contribution in [0.2, 0.25) is 0 Å². The Bertz CT molecular complexity index is 770. The van der Waals surface area contributed by atoms with E-state index in [0.717, 1.165) is 5.56 Å². The van der Waals surface area contributed by atoms with Crippen LogP contribution in [0.1, 0.15) is 27.2 Å². The van der Waals surface area contributed by atoms with Gasteiger partial charge in [0.1, 0.15) is 0 Å². The smallest absolute Gasteiger partial charge is 0.337 e. The van der Waals surface area contributed by atoms with Gasteiger partial charge in [0.15, 0.2) is 0 Å². The summed E-state index contributed by atoms with van der Waals surface area (Å²) in [5.74, 6) is -1.18. The minimum Gasteiger partial charge on any atom is -0.478 e. The number of carbonyl (C=O) groups is 1. The van der Waals surface area contributed by atoms with Gasteiger partial charge in [0.25, 0.3) is 0 Å². The summed E-state index contributed by atoms with van der Waals surface area (Å²) in [6.45, 7) is 1.92. The predicted octanol–water partition coefficient (Wildman–Crippen LogP) is 1.71. The number of hydrogen-bond acceptors (Lipinski definition) is 4. The lowest BCUT2D eigenvalue weighted by Gasteiger charge is -2.07. The molecule has 0 aliphatic carbocycles. The lowest BCUT2D eigenvalue weighted by Crippen LogP contribution is -2.25. The highest BCUT2D eigenvalue weighted by Crippen LogP contribution is 2.08. The van der Waals surface area contributed by atoms with Crippen LogP contribution in [-0.4, -0.2) is 24.5 Å². The van der Waals surface area contributed by atoms with Gasteiger partial charge in [-0.1, -0.05) is 29.8 Å². The Hall–Kier alpha value is -2.25. The SMILES string of the molecule is Cc1cccc(CS(=O)(=O)NCc2ccc(C(=O)O)cn2)c1. The number of aromatic carboxylic acids is 1. The van der Waals surface area contributed by atoms with Crippen molar-refractivity contribution in [2.24, 2.45) is 0 Å². The zero-order valence-electron chi connectivity index (χ0n) is 12.0. The number of rotatable bonds is 6. The Kier molecular flexibility index (Phi) is 4.89. The molecule has 2 aromatic rings. The van der Waals surface area contributed by atoms with Crippen molar-refractivity contribution in [2.75, 3.05) is 0 Å². The number of nitrogens with one attached hydrogen (secondary N) is 1. The summed E-state index contributed by atoms with van der Waals surface area (Å²) in [7, 11) is -3.48. The Morgan fingerprint density at radius 3 is 2.64 bits per heavy atom. The van der Waals surface area contributed by atoms with E-state index in [0.29, 0.717) is 11.3 Å². The number of aryl methyl sites for hydroxylation is 1. The van der Waals surface area contributed by atoms with Gasteiger partial charge in [-0.25, -0.2) is 17.9 Å². The summed E-state index contributed by atoms with van der Waals surface area (Å²) < 4.78 is 26.5. The maximum Gasteiger partial charge on any atom is 0.337 e. The molecule has 7 heteroatoms. The average molecular weight is 320 g/mol. The van der Waals surface area contributed by atoms with Crippen molar-refractivity contribution in [1.29, 1.82) is 0 Å². The number of carboxylic acid groups (broad SMARTS) is 1. The van der Waals surface area contributed by atoms with Crippen LogP contribution in [-0.2, 0) is 22.3 Å². The molecule has 0 aliphatic rings. The Morgan fingerprint density at radius 1 is 1.27 bits per heavy atom. The van der Waals surface area contributed by atoms with E-state index < -0.39 is 16.0 Å². The molecule has 1 aromatic carbocycles. The Labute approximate surface area is 128 Å². The van der Waals surface area contributed by atoms with Crippen molar-refractivity contribution in [3.05, 3.63) is 65.0 Å². The molecule has 2 rings (SSSR count). The van der Waals surface area contributed by atoms with Gasteiger partial charge in [0.2, 0.25) is 10.0 Å². The van der Waals surface area contributed by atoms with E-state index in [9.17, 15) is 13.2 Å². The van der Waals surface area contributed by atoms with Gasteiger partial charge in [-0.15, -0.1) is 0 Å². The fourth-order valence-electron chi connectivity index (χ4n) is 1.91. The van der Waals surface area contributed by atoms with Crippen molar-refractivity contribution in [1.82, 2.24) is 9.71 Å². The van der Waals surface area contributed by atoms with Crippen molar-refractivity contribution >= 4 is 16.0 Å². The Morgan fingerprint density at radius 2 is 2.05 bits per heavy atom. The monoisotopic (exact) mass is 320 g/mol. The molecular weight excluding hydrogens is 304 g/mol. The quantitative estimate of drug-likeness (QED) is 0.844. The number of aromatic nitrogens is 1. The summed E-state index contributed by atoms with van der Waals surface area (Å²) in [5, 5.41) is 8.77. The minimum atomic E-state index is -3.48. The summed E-state index contributed by atoms with van der Waals surface area (Å²) in [6.07, 6.45) is 1.20. The molecule has 0 radical (unpaired) electrons. The van der Waals surface area contributed by atoms with Crippen LogP contribution in [0, 0.1) is 6.92 Å². The van der Waals surface area contributed by atoms with E-state index in [2.05, 4.69) is 9.71 Å². The van der Waals surface area contributed by atoms with Crippen LogP contribution in [0.5, 0.6) is 0 Å². The molecule has 0 amide bonds. The molecule has 22 heavy (non-hydrogen) atoms. The van der Waals surface area contributed by atoms with E-state index in [1.807, 2.05) is 25.1 Å². The largest absolute Gasteiger partial charge is 0.478 e. The summed E-state index contributed by atoms with van der Waals surface area (Å²) in [6, 6.07) is 10.2. The lowest BCUT2D eigenvalue weighted by molar-refractivity contribution is 0.0696. The molecule has 6 nitrogen and oxygen atoms in total. The van der Waals surface area contributed by atoms with Crippen LogP contribution in [0.4, 0.5) is 0 Å². The fraction of sp³-hybridized carbons (Fsp3) is 0.200. The normalized spacial score (nSPS) is 11.3. The van der Waals surface area contributed by atoms with Gasteiger partial charge >= 0.3 is 5.97 Å². The molecule has 116 valence electrons. The zero-order chi connectivity index (χ0) is 16.2. The topological polar surface area (TPSA) is 96.4 Å². The molecule has 0 spiro atoms. The first kappa shape index (κ1) is 16.1. The van der Waals surface area contributed by atoms with E-state index in [4.69, 9.17) is 5.11 Å². The maximum absolute atomic E-state index is 12.0. The molecule has 1 aromatic heterocycles. The highest BCUT2D eigenvalue weighted by molar-refractivity contribution is 7.88. The molecule has 2 N–H and O–H groups in total. The van der Waals surface area contributed by atoms with Gasteiger partial charge in [0, 0.05) is 6.20 Å². The first-order valence-corrected chi connectivity index (χ1v) is 8.22. The number of carboxylic acids is 1. The summed E-state index contributed by atoms with van der Waals surface area (Å²) >= 11 is 0. The third kappa shape index (κ3) is 4.64. The summed E-state index contributed by atoms with van der Waals surface area (Å²) in [4.78, 5) is 14.6. The van der Waals surface area contributed by atoms with Gasteiger partial charge in [-0.3, -0.25) is 4.98 Å². The molecule has 0 aliphatic heterocycles. The van der Waals surface area contributed by atoms with Crippen molar-refractivity contribution in [3.63, 3.8) is 0 Å². The van der Waals surface area contributed by atoms with Gasteiger partial charge in [-0.2, -0.15) is 0 Å².